The number of nitrogens with two attached hydrogens (primary N) is 1. The van der Waals surface area contributed by atoms with E-state index in [0.29, 0.717) is 47.1 Å². The van der Waals surface area contributed by atoms with Crippen molar-refractivity contribution in [3.05, 3.63) is 25.3 Å². The smallest absolute Gasteiger partial charge is 0.394 e. The Labute approximate surface area is 285 Å². The standard InChI is InChI=1S/C27H37F2N11O8P2/c1-13(3-5-31-22-18-24(35-9-33-22)39(11-37-18)26-16(28)20(47-49(2)43)14(7-41)45-26)4-6-32-23-19-25(36-10-34-23)40(12-38-19)27-17(29)21(48-50(30)44)15(8-42)46-27/h9-17,20-21,26-27,41-42H,3-8H2,1-2H3,(H2,30,44)(H,31,33,35)(H,32,34,36)/q+2. The molecule has 0 aromatic carbocycles. The van der Waals surface area contributed by atoms with Crippen LogP contribution in [-0.4, -0.2) is 119 Å². The molecule has 0 aliphatic carbocycles. The summed E-state index contributed by atoms with van der Waals surface area (Å²) >= 11 is 0. The highest BCUT2D eigenvalue weighted by molar-refractivity contribution is 7.38. The monoisotopic (exact) mass is 743 g/mol. The SMILES string of the molecule is CC(CCNc1ncnc2c1ncn2C1OC(CO)C(O[P+](C)=O)C1F)CCNc1ncnc2c1ncn2C1OC(CO)C(O[P+](N)=O)C1F. The quantitative estimate of drug-likeness (QED) is 0.103. The molecule has 4 aromatic rings. The van der Waals surface area contributed by atoms with Crippen LogP contribution in [0.2, 0.25) is 0 Å². The molecule has 2 saturated heterocycles. The van der Waals surface area contributed by atoms with Crippen LogP contribution in [-0.2, 0) is 27.7 Å². The van der Waals surface area contributed by atoms with Gasteiger partial charge in [-0.2, -0.15) is 0 Å². The van der Waals surface area contributed by atoms with Gasteiger partial charge in [0.15, 0.2) is 77.6 Å². The maximum absolute atomic E-state index is 15.3. The van der Waals surface area contributed by atoms with E-state index in [9.17, 15) is 19.3 Å². The molecule has 4 aromatic heterocycles. The molecular weight excluding hydrogens is 706 g/mol. The van der Waals surface area contributed by atoms with Crippen molar-refractivity contribution in [2.45, 2.75) is 69.0 Å². The Bertz CT molecular complexity index is 1700. The van der Waals surface area contributed by atoms with Crippen LogP contribution in [0.15, 0.2) is 25.3 Å². The Kier molecular flexibility index (Phi) is 11.5. The van der Waals surface area contributed by atoms with E-state index in [2.05, 4.69) is 47.5 Å². The van der Waals surface area contributed by atoms with Crippen molar-refractivity contribution in [1.82, 2.24) is 39.0 Å². The van der Waals surface area contributed by atoms with Crippen molar-refractivity contribution in [2.24, 2.45) is 11.4 Å². The molecule has 0 spiro atoms. The first kappa shape index (κ1) is 36.3. The average Bonchev–Trinajstić information content (AvgIpc) is 3.85. The molecule has 6 N–H and O–H groups in total. The Morgan fingerprint density at radius 2 is 1.30 bits per heavy atom. The van der Waals surface area contributed by atoms with Crippen LogP contribution in [0.5, 0.6) is 0 Å². The summed E-state index contributed by atoms with van der Waals surface area (Å²) in [5.41, 5.74) is 6.61. The zero-order chi connectivity index (χ0) is 35.5. The van der Waals surface area contributed by atoms with Gasteiger partial charge in [-0.1, -0.05) is 12.4 Å². The van der Waals surface area contributed by atoms with Crippen LogP contribution in [0.4, 0.5) is 20.4 Å². The molecule has 11 unspecified atom stereocenters. The molecule has 0 bridgehead atoms. The van der Waals surface area contributed by atoms with E-state index < -0.39 is 78.6 Å². The van der Waals surface area contributed by atoms with E-state index >= 15 is 8.78 Å². The van der Waals surface area contributed by atoms with Gasteiger partial charge >= 0.3 is 16.2 Å². The lowest BCUT2D eigenvalue weighted by Gasteiger charge is -2.16. The first-order valence-corrected chi connectivity index (χ1v) is 18.6. The van der Waals surface area contributed by atoms with Gasteiger partial charge < -0.3 is 30.3 Å². The van der Waals surface area contributed by atoms with E-state index in [0.717, 1.165) is 12.8 Å². The fourth-order valence-electron chi connectivity index (χ4n) is 6.03. The lowest BCUT2D eigenvalue weighted by atomic mass is 10.0. The van der Waals surface area contributed by atoms with Crippen molar-refractivity contribution in [2.75, 3.05) is 43.6 Å². The molecule has 19 nitrogen and oxygen atoms in total. The zero-order valence-electron chi connectivity index (χ0n) is 26.9. The van der Waals surface area contributed by atoms with Crippen LogP contribution in [0.1, 0.15) is 32.2 Å². The van der Waals surface area contributed by atoms with E-state index in [4.69, 9.17) is 24.0 Å². The summed E-state index contributed by atoms with van der Waals surface area (Å²) in [7, 11) is -4.74. The largest absolute Gasteiger partial charge is 0.610 e. The number of nitrogens with one attached hydrogen (secondary N) is 2. The summed E-state index contributed by atoms with van der Waals surface area (Å²) in [6.07, 6.45) is -3.69. The van der Waals surface area contributed by atoms with Gasteiger partial charge in [0, 0.05) is 13.1 Å². The minimum atomic E-state index is -2.62. The average molecular weight is 744 g/mol. The number of hydrogen-bond acceptors (Lipinski definition) is 16. The Balaban J connectivity index is 1.03. The second-order valence-electron chi connectivity index (χ2n) is 11.9. The molecule has 11 atom stereocenters. The highest BCUT2D eigenvalue weighted by atomic mass is 31.1. The molecular formula is C27H37F2N11O8P2+2. The van der Waals surface area contributed by atoms with E-state index in [-0.39, 0.29) is 5.92 Å². The number of ether oxygens (including phenoxy) is 2. The number of imidazole rings is 2. The molecule has 0 amide bonds. The summed E-state index contributed by atoms with van der Waals surface area (Å²) in [6.45, 7) is 3.40. The highest BCUT2D eigenvalue weighted by Crippen LogP contribution is 2.40. The number of alkyl halides is 2. The van der Waals surface area contributed by atoms with Crippen LogP contribution < -0.4 is 16.1 Å². The summed E-state index contributed by atoms with van der Waals surface area (Å²) in [5, 5.41) is 25.8. The van der Waals surface area contributed by atoms with Gasteiger partial charge in [-0.15, -0.1) is 9.05 Å². The Hall–Kier alpha value is -3.52. The van der Waals surface area contributed by atoms with E-state index in [1.165, 1.54) is 41.1 Å². The highest BCUT2D eigenvalue weighted by Gasteiger charge is 2.52. The number of rotatable bonds is 16. The Morgan fingerprint density at radius 3 is 1.72 bits per heavy atom. The van der Waals surface area contributed by atoms with Gasteiger partial charge in [0.05, 0.1) is 25.9 Å². The van der Waals surface area contributed by atoms with Crippen LogP contribution in [0, 0.1) is 5.92 Å². The molecule has 270 valence electrons. The molecule has 2 aliphatic heterocycles. The number of nitrogens with zero attached hydrogens (tertiary/aromatic N) is 8. The van der Waals surface area contributed by atoms with Crippen LogP contribution in [0.3, 0.4) is 0 Å². The minimum absolute atomic E-state index is 0.247. The second-order valence-corrected chi connectivity index (χ2v) is 13.7. The number of hydrogen-bond donors (Lipinski definition) is 5. The van der Waals surface area contributed by atoms with Gasteiger partial charge in [0.25, 0.3) is 0 Å². The first-order valence-electron chi connectivity index (χ1n) is 15.7. The summed E-state index contributed by atoms with van der Waals surface area (Å²) in [4.78, 5) is 25.8. The van der Waals surface area contributed by atoms with Gasteiger partial charge in [0.1, 0.15) is 24.9 Å². The topological polar surface area (TPSA) is 249 Å². The van der Waals surface area contributed by atoms with Crippen molar-refractivity contribution >= 4 is 50.2 Å². The van der Waals surface area contributed by atoms with Crippen molar-refractivity contribution in [3.8, 4) is 0 Å². The maximum Gasteiger partial charge on any atom is 0.610 e. The van der Waals surface area contributed by atoms with Crippen LogP contribution in [0.25, 0.3) is 22.3 Å². The normalized spacial score (nSPS) is 28.0. The van der Waals surface area contributed by atoms with Gasteiger partial charge in [-0.25, -0.2) is 38.7 Å². The molecule has 6 heterocycles. The number of fused-ring (bicyclic) bond motifs is 2. The fourth-order valence-corrected chi connectivity index (χ4v) is 7.11. The van der Waals surface area contributed by atoms with Gasteiger partial charge in [-0.05, 0) is 27.9 Å². The molecule has 2 aliphatic rings. The number of halogens is 2. The van der Waals surface area contributed by atoms with Gasteiger partial charge in [0.2, 0.25) is 0 Å². The third kappa shape index (κ3) is 7.42. The van der Waals surface area contributed by atoms with Crippen LogP contribution >= 0.6 is 16.2 Å². The van der Waals surface area contributed by atoms with Gasteiger partial charge in [-0.3, -0.25) is 9.13 Å². The summed E-state index contributed by atoms with van der Waals surface area (Å²) in [6, 6.07) is 0. The van der Waals surface area contributed by atoms with Crippen molar-refractivity contribution < 1.29 is 46.6 Å². The molecule has 0 radical (unpaired) electrons. The minimum Gasteiger partial charge on any atom is -0.394 e. The lowest BCUT2D eigenvalue weighted by molar-refractivity contribution is -0.0429. The predicted molar refractivity (Wildman–Crippen MR) is 173 cm³/mol. The molecule has 23 heteroatoms. The zero-order valence-corrected chi connectivity index (χ0v) is 28.7. The predicted octanol–water partition coefficient (Wildman–Crippen LogP) is 2.12. The molecule has 6 rings (SSSR count). The fraction of sp³-hybridized carbons (Fsp3) is 0.630. The summed E-state index contributed by atoms with van der Waals surface area (Å²) < 4.78 is 77.8. The number of aliphatic hydroxyl groups excluding tert-OH is 2. The number of aromatic nitrogens is 8. The molecule has 0 saturated carbocycles. The second kappa shape index (κ2) is 15.8. The lowest BCUT2D eigenvalue weighted by Crippen LogP contribution is -2.32. The molecule has 50 heavy (non-hydrogen) atoms. The molecule has 2 fully saturated rings. The van der Waals surface area contributed by atoms with Crippen molar-refractivity contribution in [1.29, 1.82) is 0 Å². The number of aliphatic hydroxyl groups is 2. The third-order valence-electron chi connectivity index (χ3n) is 8.51. The van der Waals surface area contributed by atoms with E-state index in [1.807, 2.05) is 0 Å². The third-order valence-corrected chi connectivity index (χ3v) is 9.51. The maximum atomic E-state index is 15.3. The van der Waals surface area contributed by atoms with E-state index in [1.54, 1.807) is 0 Å². The Morgan fingerprint density at radius 1 is 0.840 bits per heavy atom. The summed E-state index contributed by atoms with van der Waals surface area (Å²) in [5.74, 6) is 1.14. The van der Waals surface area contributed by atoms with Crippen molar-refractivity contribution in [3.63, 3.8) is 0 Å². The number of anilines is 2. The first-order chi connectivity index (χ1) is 24.1.